The monoisotopic (exact) mass is 334 g/mol. The maximum atomic E-state index is 13.2. The lowest BCUT2D eigenvalue weighted by molar-refractivity contribution is 0.185. The molecule has 0 saturated carbocycles. The van der Waals surface area contributed by atoms with E-state index in [1.165, 1.54) is 23.8 Å². The standard InChI is InChI=1S/C11H12ClFN4O3S/c1-20-5-4-17-10(15-16-11(17)21(14,18)19)7-2-3-9(13)8(12)6-7/h2-3,6H,4-5H2,1H3,(H2,14,18,19). The lowest BCUT2D eigenvalue weighted by Crippen LogP contribution is -2.20. The summed E-state index contributed by atoms with van der Waals surface area (Å²) in [6, 6.07) is 3.90. The summed E-state index contributed by atoms with van der Waals surface area (Å²) in [4.78, 5) is 0. The summed E-state index contributed by atoms with van der Waals surface area (Å²) < 4.78 is 42.4. The number of benzene rings is 1. The van der Waals surface area contributed by atoms with E-state index in [0.717, 1.165) is 6.07 Å². The molecule has 1 heterocycles. The van der Waals surface area contributed by atoms with Crippen LogP contribution in [0.1, 0.15) is 0 Å². The van der Waals surface area contributed by atoms with Crippen molar-refractivity contribution in [2.24, 2.45) is 5.14 Å². The van der Waals surface area contributed by atoms with Crippen molar-refractivity contribution >= 4 is 21.6 Å². The number of primary sulfonamides is 1. The summed E-state index contributed by atoms with van der Waals surface area (Å²) in [6.07, 6.45) is 0. The average Bonchev–Trinajstić information content (AvgIpc) is 2.83. The first kappa shape index (κ1) is 15.8. The van der Waals surface area contributed by atoms with Gasteiger partial charge in [-0.1, -0.05) is 11.6 Å². The second-order valence-corrected chi connectivity index (χ2v) is 5.99. The Morgan fingerprint density at radius 1 is 1.43 bits per heavy atom. The minimum absolute atomic E-state index is 0.106. The van der Waals surface area contributed by atoms with Crippen molar-refractivity contribution in [2.45, 2.75) is 11.7 Å². The topological polar surface area (TPSA) is 100 Å². The van der Waals surface area contributed by atoms with Crippen LogP contribution in [0.15, 0.2) is 23.4 Å². The van der Waals surface area contributed by atoms with Crippen LogP contribution in [0.2, 0.25) is 5.02 Å². The number of ether oxygens (including phenoxy) is 1. The fourth-order valence-corrected chi connectivity index (χ4v) is 2.55. The molecule has 0 unspecified atom stereocenters. The summed E-state index contributed by atoms with van der Waals surface area (Å²) in [7, 11) is -2.57. The van der Waals surface area contributed by atoms with Crippen LogP contribution in [0.3, 0.4) is 0 Å². The first-order valence-corrected chi connectivity index (χ1v) is 7.67. The molecule has 0 saturated heterocycles. The van der Waals surface area contributed by atoms with E-state index in [-0.39, 0.29) is 24.0 Å². The van der Waals surface area contributed by atoms with Crippen LogP contribution >= 0.6 is 11.6 Å². The van der Waals surface area contributed by atoms with Crippen molar-refractivity contribution in [3.8, 4) is 11.4 Å². The zero-order valence-corrected chi connectivity index (χ0v) is 12.5. The number of halogens is 2. The highest BCUT2D eigenvalue weighted by molar-refractivity contribution is 7.89. The summed E-state index contributed by atoms with van der Waals surface area (Å²) >= 11 is 5.72. The maximum Gasteiger partial charge on any atom is 0.273 e. The van der Waals surface area contributed by atoms with E-state index in [4.69, 9.17) is 21.5 Å². The number of hydrogen-bond acceptors (Lipinski definition) is 5. The van der Waals surface area contributed by atoms with Crippen molar-refractivity contribution < 1.29 is 17.5 Å². The van der Waals surface area contributed by atoms with Gasteiger partial charge in [-0.3, -0.25) is 4.57 Å². The molecule has 10 heteroatoms. The summed E-state index contributed by atoms with van der Waals surface area (Å²) in [6.45, 7) is 0.391. The molecule has 0 spiro atoms. The first-order valence-electron chi connectivity index (χ1n) is 5.75. The molecule has 21 heavy (non-hydrogen) atoms. The lowest BCUT2D eigenvalue weighted by atomic mass is 10.2. The molecular formula is C11H12ClFN4O3S. The Kier molecular flexibility index (Phi) is 4.57. The van der Waals surface area contributed by atoms with Gasteiger partial charge in [-0.25, -0.2) is 17.9 Å². The second kappa shape index (κ2) is 6.06. The summed E-state index contributed by atoms with van der Waals surface area (Å²) in [5.74, 6) is -0.381. The zero-order chi connectivity index (χ0) is 15.6. The highest BCUT2D eigenvalue weighted by Gasteiger charge is 2.22. The molecule has 0 atom stereocenters. The van der Waals surface area contributed by atoms with E-state index in [9.17, 15) is 12.8 Å². The van der Waals surface area contributed by atoms with Gasteiger partial charge in [0.25, 0.3) is 15.2 Å². The second-order valence-electron chi connectivity index (χ2n) is 4.12. The van der Waals surface area contributed by atoms with Gasteiger partial charge in [0.1, 0.15) is 5.82 Å². The summed E-state index contributed by atoms with van der Waals surface area (Å²) in [5.41, 5.74) is 0.417. The van der Waals surface area contributed by atoms with E-state index in [0.29, 0.717) is 5.56 Å². The molecule has 1 aromatic carbocycles. The predicted molar refractivity (Wildman–Crippen MR) is 73.7 cm³/mol. The molecule has 2 aromatic rings. The number of methoxy groups -OCH3 is 1. The minimum atomic E-state index is -4.04. The number of nitrogens with zero attached hydrogens (tertiary/aromatic N) is 3. The highest BCUT2D eigenvalue weighted by Crippen LogP contribution is 2.25. The van der Waals surface area contributed by atoms with Crippen LogP contribution in [0.4, 0.5) is 4.39 Å². The number of hydrogen-bond donors (Lipinski definition) is 1. The molecule has 0 aliphatic carbocycles. The quantitative estimate of drug-likeness (QED) is 0.880. The average molecular weight is 335 g/mol. The number of aromatic nitrogens is 3. The third-order valence-electron chi connectivity index (χ3n) is 2.67. The zero-order valence-electron chi connectivity index (χ0n) is 11.0. The van der Waals surface area contributed by atoms with Gasteiger partial charge >= 0.3 is 0 Å². The van der Waals surface area contributed by atoms with Gasteiger partial charge in [0.05, 0.1) is 18.2 Å². The third-order valence-corrected chi connectivity index (χ3v) is 3.77. The Hall–Kier alpha value is -1.55. The molecule has 7 nitrogen and oxygen atoms in total. The van der Waals surface area contributed by atoms with Crippen LogP contribution < -0.4 is 5.14 Å². The normalized spacial score (nSPS) is 11.8. The van der Waals surface area contributed by atoms with Crippen LogP contribution in [-0.4, -0.2) is 36.9 Å². The van der Waals surface area contributed by atoms with E-state index in [1.807, 2.05) is 0 Å². The SMILES string of the molecule is COCCn1c(-c2ccc(F)c(Cl)c2)nnc1S(N)(=O)=O. The Morgan fingerprint density at radius 2 is 2.14 bits per heavy atom. The van der Waals surface area contributed by atoms with Gasteiger partial charge in [-0.2, -0.15) is 0 Å². The fourth-order valence-electron chi connectivity index (χ4n) is 1.73. The van der Waals surface area contributed by atoms with E-state index in [1.54, 1.807) is 0 Å². The molecule has 2 rings (SSSR count). The molecular weight excluding hydrogens is 323 g/mol. The van der Waals surface area contributed by atoms with E-state index >= 15 is 0 Å². The minimum Gasteiger partial charge on any atom is -0.383 e. The van der Waals surface area contributed by atoms with Crippen molar-refractivity contribution in [3.63, 3.8) is 0 Å². The van der Waals surface area contributed by atoms with Gasteiger partial charge < -0.3 is 4.74 Å². The molecule has 1 aromatic heterocycles. The fraction of sp³-hybridized carbons (Fsp3) is 0.273. The Labute approximate surface area is 125 Å². The van der Waals surface area contributed by atoms with Crippen LogP contribution in [0.5, 0.6) is 0 Å². The van der Waals surface area contributed by atoms with E-state index in [2.05, 4.69) is 10.2 Å². The van der Waals surface area contributed by atoms with Crippen LogP contribution in [0, 0.1) is 5.82 Å². The Balaban J connectivity index is 2.57. The van der Waals surface area contributed by atoms with E-state index < -0.39 is 21.0 Å². The molecule has 0 aliphatic rings. The molecule has 0 aliphatic heterocycles. The van der Waals surface area contributed by atoms with Gasteiger partial charge in [0, 0.05) is 12.7 Å². The summed E-state index contributed by atoms with van der Waals surface area (Å²) in [5, 5.41) is 12.0. The van der Waals surface area contributed by atoms with Crippen molar-refractivity contribution in [1.29, 1.82) is 0 Å². The van der Waals surface area contributed by atoms with Crippen molar-refractivity contribution in [2.75, 3.05) is 13.7 Å². The molecule has 0 radical (unpaired) electrons. The Bertz CT molecular complexity index is 763. The van der Waals surface area contributed by atoms with Gasteiger partial charge in [0.2, 0.25) is 0 Å². The maximum absolute atomic E-state index is 13.2. The molecule has 2 N–H and O–H groups in total. The molecule has 0 fully saturated rings. The molecule has 114 valence electrons. The number of nitrogens with two attached hydrogens (primary N) is 1. The highest BCUT2D eigenvalue weighted by atomic mass is 35.5. The Morgan fingerprint density at radius 3 is 2.71 bits per heavy atom. The number of sulfonamides is 1. The van der Waals surface area contributed by atoms with Crippen molar-refractivity contribution in [3.05, 3.63) is 29.0 Å². The molecule has 0 bridgehead atoms. The van der Waals surface area contributed by atoms with Gasteiger partial charge in [-0.05, 0) is 18.2 Å². The lowest BCUT2D eigenvalue weighted by Gasteiger charge is -2.09. The van der Waals surface area contributed by atoms with Gasteiger partial charge in [0.15, 0.2) is 5.82 Å². The molecule has 0 amide bonds. The van der Waals surface area contributed by atoms with Crippen molar-refractivity contribution in [1.82, 2.24) is 14.8 Å². The van der Waals surface area contributed by atoms with Crippen LogP contribution in [0.25, 0.3) is 11.4 Å². The first-order chi connectivity index (χ1) is 9.84. The van der Waals surface area contributed by atoms with Gasteiger partial charge in [-0.15, -0.1) is 10.2 Å². The smallest absolute Gasteiger partial charge is 0.273 e. The van der Waals surface area contributed by atoms with Crippen LogP contribution in [-0.2, 0) is 21.3 Å². The largest absolute Gasteiger partial charge is 0.383 e. The predicted octanol–water partition coefficient (Wildman–Crippen LogP) is 1.03. The third kappa shape index (κ3) is 3.38. The number of rotatable bonds is 5.